The molecule has 3 N–H and O–H groups in total. The van der Waals surface area contributed by atoms with Crippen LogP contribution >= 0.6 is 0 Å². The molecule has 1 aliphatic heterocycles. The molecule has 116 valence electrons. The Morgan fingerprint density at radius 2 is 2.00 bits per heavy atom. The Bertz CT molecular complexity index is 599. The summed E-state index contributed by atoms with van der Waals surface area (Å²) >= 11 is 0. The molecule has 0 aliphatic carbocycles. The quantitative estimate of drug-likeness (QED) is 0.708. The lowest BCUT2D eigenvalue weighted by Gasteiger charge is -2.28. The summed E-state index contributed by atoms with van der Waals surface area (Å²) in [4.78, 5) is 11.1. The molecule has 1 saturated heterocycles. The Kier molecular flexibility index (Phi) is 4.81. The van der Waals surface area contributed by atoms with Gasteiger partial charge in [-0.15, -0.1) is 0 Å². The van der Waals surface area contributed by atoms with Gasteiger partial charge in [-0.25, -0.2) is 13.1 Å². The van der Waals surface area contributed by atoms with Gasteiger partial charge in [-0.2, -0.15) is 0 Å². The number of sulfonamides is 1. The van der Waals surface area contributed by atoms with E-state index in [4.69, 9.17) is 9.84 Å². The number of hydrogen-bond donors (Lipinski definition) is 3. The number of benzene rings is 1. The third kappa shape index (κ3) is 3.93. The third-order valence-electron chi connectivity index (χ3n) is 3.39. The first-order valence-electron chi connectivity index (χ1n) is 6.52. The maximum absolute atomic E-state index is 12.2. The fourth-order valence-electron chi connectivity index (χ4n) is 2.26. The van der Waals surface area contributed by atoms with Crippen LogP contribution in [0.2, 0.25) is 0 Å². The summed E-state index contributed by atoms with van der Waals surface area (Å²) in [7, 11) is -2.17. The molecule has 1 fully saturated rings. The molecule has 2 rings (SSSR count). The van der Waals surface area contributed by atoms with Gasteiger partial charge in [0.15, 0.2) is 0 Å². The zero-order chi connectivity index (χ0) is 15.5. The van der Waals surface area contributed by atoms with Gasteiger partial charge < -0.3 is 15.2 Å². The Labute approximate surface area is 123 Å². The summed E-state index contributed by atoms with van der Waals surface area (Å²) in [6.07, 6.45) is 0.276. The number of carbonyl (C=O) groups is 1. The summed E-state index contributed by atoms with van der Waals surface area (Å²) < 4.78 is 32.0. The minimum atomic E-state index is -3.67. The Morgan fingerprint density at radius 3 is 2.57 bits per heavy atom. The molecule has 0 amide bonds. The van der Waals surface area contributed by atoms with Crippen molar-refractivity contribution in [2.75, 3.05) is 20.2 Å². The van der Waals surface area contributed by atoms with Crippen LogP contribution in [0.1, 0.15) is 6.42 Å². The van der Waals surface area contributed by atoms with E-state index in [9.17, 15) is 13.2 Å². The standard InChI is InChI=1S/C13H18N2O5S/c1-20-11-2-4-12(5-3-11)21(18,19)15-10-6-9(13(16)17)7-14-8-10/h2-5,9-10,14-15H,6-8H2,1H3,(H,16,17)/t9-,10+/m0/s1. The van der Waals surface area contributed by atoms with Gasteiger partial charge in [-0.05, 0) is 30.7 Å². The highest BCUT2D eigenvalue weighted by molar-refractivity contribution is 7.89. The molecule has 1 aliphatic rings. The number of aliphatic carboxylic acids is 1. The van der Waals surface area contributed by atoms with Crippen molar-refractivity contribution in [2.45, 2.75) is 17.4 Å². The number of carboxylic acids is 1. The number of hydrogen-bond acceptors (Lipinski definition) is 5. The number of carboxylic acid groups (broad SMARTS) is 1. The van der Waals surface area contributed by atoms with Gasteiger partial charge in [0.2, 0.25) is 10.0 Å². The zero-order valence-electron chi connectivity index (χ0n) is 11.6. The normalized spacial score (nSPS) is 22.7. The Hall–Kier alpha value is -1.64. The maximum atomic E-state index is 12.2. The zero-order valence-corrected chi connectivity index (χ0v) is 12.4. The van der Waals surface area contributed by atoms with E-state index in [0.717, 1.165) is 0 Å². The van der Waals surface area contributed by atoms with Gasteiger partial charge in [0.25, 0.3) is 0 Å². The number of piperidine rings is 1. The third-order valence-corrected chi connectivity index (χ3v) is 4.93. The Balaban J connectivity index is 2.07. The molecule has 7 nitrogen and oxygen atoms in total. The van der Waals surface area contributed by atoms with Crippen molar-refractivity contribution in [1.82, 2.24) is 10.0 Å². The average Bonchev–Trinajstić information content (AvgIpc) is 2.47. The molecule has 1 aromatic carbocycles. The summed E-state index contributed by atoms with van der Waals surface area (Å²) in [5.74, 6) is -0.933. The highest BCUT2D eigenvalue weighted by atomic mass is 32.2. The molecule has 8 heteroatoms. The minimum absolute atomic E-state index is 0.126. The molecule has 1 aromatic rings. The lowest BCUT2D eigenvalue weighted by atomic mass is 9.97. The number of nitrogens with one attached hydrogen (secondary N) is 2. The second-order valence-electron chi connectivity index (χ2n) is 4.92. The van der Waals surface area contributed by atoms with Crippen LogP contribution in [0.3, 0.4) is 0 Å². The van der Waals surface area contributed by atoms with Crippen molar-refractivity contribution in [3.8, 4) is 5.75 Å². The molecule has 2 atom stereocenters. The van der Waals surface area contributed by atoms with Gasteiger partial charge in [-0.3, -0.25) is 4.79 Å². The largest absolute Gasteiger partial charge is 0.497 e. The second-order valence-corrected chi connectivity index (χ2v) is 6.64. The van der Waals surface area contributed by atoms with Crippen molar-refractivity contribution in [3.05, 3.63) is 24.3 Å². The topological polar surface area (TPSA) is 105 Å². The lowest BCUT2D eigenvalue weighted by molar-refractivity contribution is -0.142. The van der Waals surface area contributed by atoms with Crippen molar-refractivity contribution in [3.63, 3.8) is 0 Å². The SMILES string of the molecule is COc1ccc(S(=O)(=O)N[C@H]2CNC[C@@H](C(=O)O)C2)cc1. The second kappa shape index (κ2) is 6.42. The van der Waals surface area contributed by atoms with E-state index >= 15 is 0 Å². The summed E-state index contributed by atoms with van der Waals surface area (Å²) in [6, 6.07) is 5.59. The van der Waals surface area contributed by atoms with Crippen LogP contribution in [-0.4, -0.2) is 45.7 Å². The maximum Gasteiger partial charge on any atom is 0.307 e. The average molecular weight is 314 g/mol. The molecular weight excluding hydrogens is 296 g/mol. The lowest BCUT2D eigenvalue weighted by Crippen LogP contribution is -2.50. The highest BCUT2D eigenvalue weighted by Gasteiger charge is 2.29. The van der Waals surface area contributed by atoms with Gasteiger partial charge >= 0.3 is 5.97 Å². The van der Waals surface area contributed by atoms with Crippen LogP contribution in [0.4, 0.5) is 0 Å². The molecule has 0 unspecified atom stereocenters. The van der Waals surface area contributed by atoms with E-state index in [1.54, 1.807) is 12.1 Å². The van der Waals surface area contributed by atoms with E-state index in [-0.39, 0.29) is 11.3 Å². The van der Waals surface area contributed by atoms with E-state index in [1.165, 1.54) is 19.2 Å². The van der Waals surface area contributed by atoms with E-state index < -0.39 is 28.0 Å². The molecule has 1 heterocycles. The van der Waals surface area contributed by atoms with Crippen molar-refractivity contribution < 1.29 is 23.1 Å². The first-order chi connectivity index (χ1) is 9.92. The summed E-state index contributed by atoms with van der Waals surface area (Å²) in [5.41, 5.74) is 0. The van der Waals surface area contributed by atoms with Crippen LogP contribution in [-0.2, 0) is 14.8 Å². The van der Waals surface area contributed by atoms with Crippen LogP contribution in [0, 0.1) is 5.92 Å². The smallest absolute Gasteiger partial charge is 0.307 e. The van der Waals surface area contributed by atoms with Gasteiger partial charge in [0.05, 0.1) is 17.9 Å². The summed E-state index contributed by atoms with van der Waals surface area (Å²) in [6.45, 7) is 0.773. The monoisotopic (exact) mass is 314 g/mol. The Morgan fingerprint density at radius 1 is 1.33 bits per heavy atom. The molecule has 0 saturated carbocycles. The fourth-order valence-corrected chi connectivity index (χ4v) is 3.51. The van der Waals surface area contributed by atoms with E-state index in [0.29, 0.717) is 18.8 Å². The van der Waals surface area contributed by atoms with Crippen LogP contribution in [0.15, 0.2) is 29.2 Å². The fraction of sp³-hybridized carbons (Fsp3) is 0.462. The number of rotatable bonds is 5. The molecule has 0 radical (unpaired) electrons. The summed E-state index contributed by atoms with van der Waals surface area (Å²) in [5, 5.41) is 11.9. The predicted molar refractivity (Wildman–Crippen MR) is 75.7 cm³/mol. The van der Waals surface area contributed by atoms with E-state index in [1.807, 2.05) is 0 Å². The van der Waals surface area contributed by atoms with Crippen molar-refractivity contribution in [1.29, 1.82) is 0 Å². The highest BCUT2D eigenvalue weighted by Crippen LogP contribution is 2.17. The number of ether oxygens (including phenoxy) is 1. The number of methoxy groups -OCH3 is 1. The van der Waals surface area contributed by atoms with Crippen molar-refractivity contribution >= 4 is 16.0 Å². The van der Waals surface area contributed by atoms with Crippen LogP contribution < -0.4 is 14.8 Å². The van der Waals surface area contributed by atoms with Crippen LogP contribution in [0.5, 0.6) is 5.75 Å². The van der Waals surface area contributed by atoms with Crippen molar-refractivity contribution in [2.24, 2.45) is 5.92 Å². The molecule has 0 aromatic heterocycles. The van der Waals surface area contributed by atoms with Gasteiger partial charge in [0.1, 0.15) is 5.75 Å². The molecular formula is C13H18N2O5S. The first-order valence-corrected chi connectivity index (χ1v) is 8.00. The van der Waals surface area contributed by atoms with Crippen LogP contribution in [0.25, 0.3) is 0 Å². The minimum Gasteiger partial charge on any atom is -0.497 e. The molecule has 21 heavy (non-hydrogen) atoms. The van der Waals surface area contributed by atoms with Gasteiger partial charge in [0, 0.05) is 19.1 Å². The molecule has 0 bridgehead atoms. The molecule has 0 spiro atoms. The van der Waals surface area contributed by atoms with Gasteiger partial charge in [-0.1, -0.05) is 0 Å². The predicted octanol–water partition coefficient (Wildman–Crippen LogP) is 0.0362. The van der Waals surface area contributed by atoms with E-state index in [2.05, 4.69) is 10.0 Å². The first kappa shape index (κ1) is 15.7.